The molecule has 0 aliphatic heterocycles. The van der Waals surface area contributed by atoms with Gasteiger partial charge in [0.2, 0.25) is 0 Å². The first-order valence-corrected chi connectivity index (χ1v) is 5.96. The molecular formula is C13H15N5O2. The molecule has 3 N–H and O–H groups in total. The van der Waals surface area contributed by atoms with E-state index in [1.807, 2.05) is 24.1 Å². The molecule has 0 spiro atoms. The van der Waals surface area contributed by atoms with Gasteiger partial charge in [-0.05, 0) is 23.8 Å². The Hall–Kier alpha value is -2.67. The maximum absolute atomic E-state index is 10.9. The number of aromatic nitrogens is 1. The van der Waals surface area contributed by atoms with E-state index in [1.54, 1.807) is 18.5 Å². The number of benzene rings is 1. The molecule has 1 aromatic heterocycles. The number of nitro benzene ring substituents is 1. The lowest BCUT2D eigenvalue weighted by molar-refractivity contribution is -0.384. The number of hydrogen-bond acceptors (Lipinski definition) is 6. The van der Waals surface area contributed by atoms with Gasteiger partial charge in [0, 0.05) is 43.8 Å². The van der Waals surface area contributed by atoms with Gasteiger partial charge in [-0.3, -0.25) is 20.9 Å². The standard InChI is InChI=1S/C13H15N5O2/c1-17(9-10-2-4-15-5-3-10)12-6-11(16-14)7-13(8-12)18(19)20/h2-8,16H,9,14H2,1H3. The summed E-state index contributed by atoms with van der Waals surface area (Å²) >= 11 is 0. The summed E-state index contributed by atoms with van der Waals surface area (Å²) < 4.78 is 0. The quantitative estimate of drug-likeness (QED) is 0.490. The SMILES string of the molecule is CN(Cc1ccncc1)c1cc(NN)cc([N+](=O)[O-])c1. The fourth-order valence-electron chi connectivity index (χ4n) is 1.86. The molecule has 0 bridgehead atoms. The van der Waals surface area contributed by atoms with Gasteiger partial charge in [-0.1, -0.05) is 0 Å². The van der Waals surface area contributed by atoms with Crippen LogP contribution in [0.3, 0.4) is 0 Å². The molecule has 7 heteroatoms. The van der Waals surface area contributed by atoms with Crippen molar-refractivity contribution in [3.8, 4) is 0 Å². The van der Waals surface area contributed by atoms with Crippen LogP contribution in [0.1, 0.15) is 5.56 Å². The maximum Gasteiger partial charge on any atom is 0.273 e. The zero-order valence-corrected chi connectivity index (χ0v) is 11.0. The molecule has 0 aliphatic carbocycles. The van der Waals surface area contributed by atoms with Gasteiger partial charge in [0.1, 0.15) is 0 Å². The molecule has 0 fully saturated rings. The third kappa shape index (κ3) is 3.21. The molecule has 0 unspecified atom stereocenters. The van der Waals surface area contributed by atoms with Crippen molar-refractivity contribution in [1.82, 2.24) is 4.98 Å². The molecule has 0 saturated carbocycles. The smallest absolute Gasteiger partial charge is 0.273 e. The molecule has 7 nitrogen and oxygen atoms in total. The van der Waals surface area contributed by atoms with Gasteiger partial charge in [-0.15, -0.1) is 0 Å². The summed E-state index contributed by atoms with van der Waals surface area (Å²) in [7, 11) is 1.86. The van der Waals surface area contributed by atoms with Crippen LogP contribution in [0, 0.1) is 10.1 Å². The third-order valence-corrected chi connectivity index (χ3v) is 2.89. The van der Waals surface area contributed by atoms with E-state index in [0.717, 1.165) is 5.56 Å². The molecule has 20 heavy (non-hydrogen) atoms. The molecule has 0 aliphatic rings. The summed E-state index contributed by atoms with van der Waals surface area (Å²) in [5, 5.41) is 10.9. The van der Waals surface area contributed by atoms with Crippen molar-refractivity contribution in [1.29, 1.82) is 0 Å². The molecule has 0 saturated heterocycles. The molecule has 0 radical (unpaired) electrons. The van der Waals surface area contributed by atoms with Crippen molar-refractivity contribution in [2.24, 2.45) is 5.84 Å². The summed E-state index contributed by atoms with van der Waals surface area (Å²) in [5.74, 6) is 5.34. The number of hydrazine groups is 1. The van der Waals surface area contributed by atoms with E-state index in [4.69, 9.17) is 5.84 Å². The lowest BCUT2D eigenvalue weighted by Crippen LogP contribution is -2.17. The summed E-state index contributed by atoms with van der Waals surface area (Å²) in [6.45, 7) is 0.619. The number of non-ortho nitro benzene ring substituents is 1. The van der Waals surface area contributed by atoms with Crippen molar-refractivity contribution < 1.29 is 4.92 Å². The Morgan fingerprint density at radius 3 is 2.65 bits per heavy atom. The molecule has 1 heterocycles. The number of nitrogens with one attached hydrogen (secondary N) is 1. The number of nitrogen functional groups attached to an aromatic ring is 1. The Morgan fingerprint density at radius 2 is 2.05 bits per heavy atom. The largest absolute Gasteiger partial charge is 0.370 e. The van der Waals surface area contributed by atoms with E-state index in [2.05, 4.69) is 10.4 Å². The van der Waals surface area contributed by atoms with Crippen LogP contribution in [-0.2, 0) is 6.54 Å². The molecule has 2 rings (SSSR count). The van der Waals surface area contributed by atoms with Gasteiger partial charge in [-0.25, -0.2) is 0 Å². The van der Waals surface area contributed by atoms with E-state index < -0.39 is 4.92 Å². The monoisotopic (exact) mass is 273 g/mol. The van der Waals surface area contributed by atoms with E-state index in [1.165, 1.54) is 12.1 Å². The molecular weight excluding hydrogens is 258 g/mol. The summed E-state index contributed by atoms with van der Waals surface area (Å²) in [4.78, 5) is 16.3. The number of nitrogens with zero attached hydrogens (tertiary/aromatic N) is 3. The zero-order chi connectivity index (χ0) is 14.5. The average Bonchev–Trinajstić information content (AvgIpc) is 2.47. The van der Waals surface area contributed by atoms with Crippen LogP contribution < -0.4 is 16.2 Å². The number of hydrogen-bond donors (Lipinski definition) is 2. The predicted octanol–water partition coefficient (Wildman–Crippen LogP) is 1.91. The summed E-state index contributed by atoms with van der Waals surface area (Å²) in [6, 6.07) is 8.46. The highest BCUT2D eigenvalue weighted by Crippen LogP contribution is 2.26. The Balaban J connectivity index is 2.27. The Kier molecular flexibility index (Phi) is 4.11. The van der Waals surface area contributed by atoms with Crippen LogP contribution >= 0.6 is 0 Å². The van der Waals surface area contributed by atoms with Gasteiger partial charge in [0.25, 0.3) is 5.69 Å². The van der Waals surface area contributed by atoms with Crippen LogP contribution in [0.25, 0.3) is 0 Å². The highest BCUT2D eigenvalue weighted by molar-refractivity contribution is 5.64. The minimum absolute atomic E-state index is 0.00275. The van der Waals surface area contributed by atoms with Crippen molar-refractivity contribution in [3.05, 3.63) is 58.4 Å². The summed E-state index contributed by atoms with van der Waals surface area (Å²) in [6.07, 6.45) is 3.42. The minimum atomic E-state index is -0.440. The molecule has 104 valence electrons. The molecule has 1 aromatic carbocycles. The normalized spacial score (nSPS) is 10.1. The van der Waals surface area contributed by atoms with Gasteiger partial charge in [0.05, 0.1) is 10.6 Å². The first-order chi connectivity index (χ1) is 9.60. The average molecular weight is 273 g/mol. The molecule has 0 atom stereocenters. The second-order valence-corrected chi connectivity index (χ2v) is 4.35. The number of nitrogens with two attached hydrogens (primary N) is 1. The van der Waals surface area contributed by atoms with Crippen LogP contribution in [0.4, 0.5) is 17.1 Å². The fraction of sp³-hybridized carbons (Fsp3) is 0.154. The van der Waals surface area contributed by atoms with E-state index >= 15 is 0 Å². The number of anilines is 2. The molecule has 2 aromatic rings. The van der Waals surface area contributed by atoms with Crippen molar-refractivity contribution in [2.75, 3.05) is 17.4 Å². The Bertz CT molecular complexity index is 603. The van der Waals surface area contributed by atoms with Crippen LogP contribution in [0.2, 0.25) is 0 Å². The van der Waals surface area contributed by atoms with Gasteiger partial charge in [-0.2, -0.15) is 0 Å². The fourth-order valence-corrected chi connectivity index (χ4v) is 1.86. The highest BCUT2D eigenvalue weighted by Gasteiger charge is 2.12. The van der Waals surface area contributed by atoms with Crippen molar-refractivity contribution in [3.63, 3.8) is 0 Å². The lowest BCUT2D eigenvalue weighted by atomic mass is 10.2. The first kappa shape index (κ1) is 13.8. The van der Waals surface area contributed by atoms with Crippen LogP contribution in [0.5, 0.6) is 0 Å². The summed E-state index contributed by atoms with van der Waals surface area (Å²) in [5.41, 5.74) is 4.71. The van der Waals surface area contributed by atoms with Gasteiger partial charge >= 0.3 is 0 Å². The van der Waals surface area contributed by atoms with Crippen LogP contribution in [-0.4, -0.2) is 17.0 Å². The second kappa shape index (κ2) is 5.98. The minimum Gasteiger partial charge on any atom is -0.370 e. The number of pyridine rings is 1. The van der Waals surface area contributed by atoms with E-state index in [0.29, 0.717) is 17.9 Å². The van der Waals surface area contributed by atoms with Gasteiger partial charge < -0.3 is 10.3 Å². The highest BCUT2D eigenvalue weighted by atomic mass is 16.6. The van der Waals surface area contributed by atoms with E-state index in [9.17, 15) is 10.1 Å². The topological polar surface area (TPSA) is 97.3 Å². The second-order valence-electron chi connectivity index (χ2n) is 4.35. The Labute approximate surface area is 116 Å². The maximum atomic E-state index is 10.9. The zero-order valence-electron chi connectivity index (χ0n) is 11.0. The van der Waals surface area contributed by atoms with Crippen molar-refractivity contribution >= 4 is 17.1 Å². The molecule has 0 amide bonds. The predicted molar refractivity (Wildman–Crippen MR) is 77.3 cm³/mol. The number of nitro groups is 1. The van der Waals surface area contributed by atoms with Crippen molar-refractivity contribution in [2.45, 2.75) is 6.54 Å². The first-order valence-electron chi connectivity index (χ1n) is 5.96. The Morgan fingerprint density at radius 1 is 1.35 bits per heavy atom. The van der Waals surface area contributed by atoms with Gasteiger partial charge in [0.15, 0.2) is 0 Å². The lowest BCUT2D eigenvalue weighted by Gasteiger charge is -2.20. The number of rotatable bonds is 5. The van der Waals surface area contributed by atoms with E-state index in [-0.39, 0.29) is 5.69 Å². The van der Waals surface area contributed by atoms with Crippen LogP contribution in [0.15, 0.2) is 42.7 Å². The third-order valence-electron chi connectivity index (χ3n) is 2.89.